The lowest BCUT2D eigenvalue weighted by Gasteiger charge is -1.53. The van der Waals surface area contributed by atoms with Gasteiger partial charge in [-0.05, 0) is 0 Å². The summed E-state index contributed by atoms with van der Waals surface area (Å²) in [6.45, 7) is 0. The minimum atomic E-state index is -0.641. The molecule has 0 aromatic rings. The summed E-state index contributed by atoms with van der Waals surface area (Å²) in [5.74, 6) is 0. The number of nitrogens with zero attached hydrogens (tertiary/aromatic N) is 1. The molecule has 0 unspecified atom stereocenters. The zero-order chi connectivity index (χ0) is 4.12. The van der Waals surface area contributed by atoms with Gasteiger partial charge in [0.15, 0.2) is 0 Å². The van der Waals surface area contributed by atoms with Crippen LogP contribution in [0, 0.1) is 0 Å². The molecule has 4 heteroatoms. The van der Waals surface area contributed by atoms with E-state index < -0.39 is 9.92 Å². The van der Waals surface area contributed by atoms with Gasteiger partial charge in [0.05, 0.1) is 0 Å². The Balaban J connectivity index is 2.93. The molecule has 5 heavy (non-hydrogen) atoms. The topological polar surface area (TPSA) is 49.7 Å². The van der Waals surface area contributed by atoms with Crippen LogP contribution in [0.4, 0.5) is 0 Å². The predicted octanol–water partition coefficient (Wildman–Crippen LogP) is -1.15. The van der Waals surface area contributed by atoms with Crippen molar-refractivity contribution in [3.63, 3.8) is 0 Å². The maximum atomic E-state index is 8.96. The van der Waals surface area contributed by atoms with Gasteiger partial charge in [-0.15, -0.1) is 0 Å². The van der Waals surface area contributed by atoms with Crippen LogP contribution in [-0.2, 0) is 4.79 Å². The van der Waals surface area contributed by atoms with E-state index in [1.54, 1.807) is 0 Å². The molecule has 0 aliphatic rings. The first kappa shape index (κ1) is 4.56. The average Bonchev–Trinajstić information content (AvgIpc) is 1.41. The molecule has 3 nitrogen and oxygen atoms in total. The fourth-order valence-electron chi connectivity index (χ4n) is 0.0204. The number of rotatable bonds is 1. The highest BCUT2D eigenvalue weighted by Gasteiger charge is 1.63. The van der Waals surface area contributed by atoms with Gasteiger partial charge in [-0.3, -0.25) is 0 Å². The van der Waals surface area contributed by atoms with Gasteiger partial charge in [-0.1, -0.05) is 0 Å². The van der Waals surface area contributed by atoms with Crippen LogP contribution in [0.5, 0.6) is 0 Å². The van der Waals surface area contributed by atoms with Crippen LogP contribution in [0.1, 0.15) is 0 Å². The number of hydrogen-bond donors (Lipinski definition) is 1. The molecule has 0 bridgehead atoms. The van der Waals surface area contributed by atoms with Gasteiger partial charge in [0.1, 0.15) is 0 Å². The third-order valence-electron chi connectivity index (χ3n) is 0.0956. The summed E-state index contributed by atoms with van der Waals surface area (Å²) >= 11 is 0. The Morgan fingerprint density at radius 1 is 2.00 bits per heavy atom. The van der Waals surface area contributed by atoms with E-state index in [4.69, 9.17) is 9.59 Å². The fourth-order valence-corrected chi connectivity index (χ4v) is 0.0612. The van der Waals surface area contributed by atoms with Crippen LogP contribution in [0.15, 0.2) is 4.66 Å². The Bertz CT molecular complexity index is 56.7. The molecule has 0 saturated heterocycles. The molecule has 0 spiro atoms. The first-order valence-corrected chi connectivity index (χ1v) is 1.77. The molecule has 0 heterocycles. The predicted molar refractivity (Wildman–Crippen MR) is 16.1 cm³/mol. The molecular weight excluding hydrogens is 86.1 g/mol. The SMILES string of the molecule is O=C=N[Si]O. The van der Waals surface area contributed by atoms with Crippen molar-refractivity contribution in [3.8, 4) is 0 Å². The van der Waals surface area contributed by atoms with Crippen LogP contribution in [0.3, 0.4) is 0 Å². The molecule has 0 rings (SSSR count). The van der Waals surface area contributed by atoms with Crippen molar-refractivity contribution in [2.24, 2.45) is 4.66 Å². The first-order valence-electron chi connectivity index (χ1n) is 0.875. The number of isocyanates is 1. The van der Waals surface area contributed by atoms with Crippen LogP contribution < -0.4 is 0 Å². The summed E-state index contributed by atoms with van der Waals surface area (Å²) in [7, 11) is -0.641. The van der Waals surface area contributed by atoms with E-state index in [0.717, 1.165) is 6.08 Å². The van der Waals surface area contributed by atoms with E-state index >= 15 is 0 Å². The van der Waals surface area contributed by atoms with E-state index in [1.807, 2.05) is 0 Å². The highest BCUT2D eigenvalue weighted by atomic mass is 28.2. The second-order valence-electron chi connectivity index (χ2n) is 0.303. The fraction of sp³-hybridized carbons (Fsp3) is 0. The Labute approximate surface area is 31.4 Å². The molecule has 0 aliphatic heterocycles. The van der Waals surface area contributed by atoms with Gasteiger partial charge >= 0.3 is 9.92 Å². The van der Waals surface area contributed by atoms with Crippen molar-refractivity contribution in [3.05, 3.63) is 0 Å². The summed E-state index contributed by atoms with van der Waals surface area (Å²) < 4.78 is 2.75. The maximum absolute atomic E-state index is 8.96. The largest absolute Gasteiger partial charge is 0.413 e. The summed E-state index contributed by atoms with van der Waals surface area (Å²) in [5.41, 5.74) is 0. The molecule has 2 radical (unpaired) electrons. The average molecular weight is 87.1 g/mol. The Hall–Kier alpha value is -0.443. The number of carbonyl (C=O) groups excluding carboxylic acids is 1. The van der Waals surface area contributed by atoms with Gasteiger partial charge in [0.2, 0.25) is 6.08 Å². The monoisotopic (exact) mass is 87.0 g/mol. The standard InChI is InChI=1S/CHNO2Si/c3-1-2-5-4/h4H. The molecule has 0 amide bonds. The molecule has 26 valence electrons. The highest BCUT2D eigenvalue weighted by Crippen LogP contribution is 1.40. The molecular formula is CHNO2Si. The molecule has 1 N–H and O–H groups in total. The van der Waals surface area contributed by atoms with Crippen LogP contribution in [0.25, 0.3) is 0 Å². The summed E-state index contributed by atoms with van der Waals surface area (Å²) in [6.07, 6.45) is 1.15. The summed E-state index contributed by atoms with van der Waals surface area (Å²) in [4.78, 5) is 16.6. The summed E-state index contributed by atoms with van der Waals surface area (Å²) in [5, 5.41) is 0. The van der Waals surface area contributed by atoms with E-state index in [0.29, 0.717) is 0 Å². The van der Waals surface area contributed by atoms with Crippen molar-refractivity contribution in [2.75, 3.05) is 0 Å². The van der Waals surface area contributed by atoms with Crippen molar-refractivity contribution >= 4 is 16.0 Å². The van der Waals surface area contributed by atoms with Crippen LogP contribution in [-0.4, -0.2) is 20.8 Å². The van der Waals surface area contributed by atoms with Gasteiger partial charge < -0.3 is 4.80 Å². The van der Waals surface area contributed by atoms with Crippen molar-refractivity contribution in [2.45, 2.75) is 0 Å². The van der Waals surface area contributed by atoms with Crippen molar-refractivity contribution in [1.82, 2.24) is 0 Å². The Kier molecular flexibility index (Phi) is 3.24. The Morgan fingerprint density at radius 3 is 2.60 bits per heavy atom. The minimum Gasteiger partial charge on any atom is -0.413 e. The second kappa shape index (κ2) is 3.56. The van der Waals surface area contributed by atoms with Gasteiger partial charge in [0.25, 0.3) is 0 Å². The molecule has 0 aromatic carbocycles. The lowest BCUT2D eigenvalue weighted by atomic mass is 11.7. The third kappa shape index (κ3) is 3.56. The summed E-state index contributed by atoms with van der Waals surface area (Å²) in [6, 6.07) is 0. The molecule has 0 fully saturated rings. The zero-order valence-corrected chi connectivity index (χ0v) is 3.30. The third-order valence-corrected chi connectivity index (χ3v) is 0.287. The highest BCUT2D eigenvalue weighted by molar-refractivity contribution is 6.24. The molecule has 0 aromatic heterocycles. The second-order valence-corrected chi connectivity index (χ2v) is 0.727. The minimum absolute atomic E-state index is 0.641. The van der Waals surface area contributed by atoms with Gasteiger partial charge in [-0.2, -0.15) is 0 Å². The Morgan fingerprint density at radius 2 is 2.60 bits per heavy atom. The quantitative estimate of drug-likeness (QED) is 0.249. The van der Waals surface area contributed by atoms with Crippen LogP contribution in [0.2, 0.25) is 0 Å². The normalized spacial score (nSPS) is 5.80. The van der Waals surface area contributed by atoms with E-state index in [9.17, 15) is 0 Å². The van der Waals surface area contributed by atoms with E-state index in [2.05, 4.69) is 4.66 Å². The first-order chi connectivity index (χ1) is 2.41. The van der Waals surface area contributed by atoms with Crippen molar-refractivity contribution in [1.29, 1.82) is 0 Å². The van der Waals surface area contributed by atoms with E-state index in [-0.39, 0.29) is 0 Å². The smallest absolute Gasteiger partial charge is 0.413 e. The molecule has 0 aliphatic carbocycles. The lowest BCUT2D eigenvalue weighted by molar-refractivity contribution is 0.562. The van der Waals surface area contributed by atoms with E-state index in [1.165, 1.54) is 0 Å². The van der Waals surface area contributed by atoms with Gasteiger partial charge in [-0.25, -0.2) is 9.45 Å². The maximum Gasteiger partial charge on any atom is 0.413 e. The van der Waals surface area contributed by atoms with Crippen LogP contribution >= 0.6 is 0 Å². The molecule has 0 atom stereocenters. The van der Waals surface area contributed by atoms with Gasteiger partial charge in [0, 0.05) is 0 Å². The zero-order valence-electron chi connectivity index (χ0n) is 2.30. The molecule has 0 saturated carbocycles. The lowest BCUT2D eigenvalue weighted by Crippen LogP contribution is -1.74. The van der Waals surface area contributed by atoms with Crippen molar-refractivity contribution < 1.29 is 9.59 Å². The number of hydrogen-bond acceptors (Lipinski definition) is 3.